The van der Waals surface area contributed by atoms with E-state index in [1.807, 2.05) is 35.9 Å². The summed E-state index contributed by atoms with van der Waals surface area (Å²) in [6.07, 6.45) is 0. The van der Waals surface area contributed by atoms with Crippen molar-refractivity contribution in [2.24, 2.45) is 0 Å². The van der Waals surface area contributed by atoms with Crippen LogP contribution in [0, 0.1) is 13.8 Å². The third kappa shape index (κ3) is 3.33. The SMILES string of the molecule is Cc1cc(C)n(CCOc2ccc(Br)cc2)n1. The van der Waals surface area contributed by atoms with Gasteiger partial charge in [0.05, 0.1) is 12.2 Å². The quantitative estimate of drug-likeness (QED) is 0.865. The van der Waals surface area contributed by atoms with E-state index in [1.54, 1.807) is 0 Å². The Labute approximate surface area is 110 Å². The van der Waals surface area contributed by atoms with Crippen LogP contribution in [-0.4, -0.2) is 16.4 Å². The number of aromatic nitrogens is 2. The lowest BCUT2D eigenvalue weighted by Gasteiger charge is -2.07. The van der Waals surface area contributed by atoms with E-state index in [9.17, 15) is 0 Å². The highest BCUT2D eigenvalue weighted by Crippen LogP contribution is 2.16. The van der Waals surface area contributed by atoms with Crippen LogP contribution in [0.1, 0.15) is 11.4 Å². The maximum atomic E-state index is 5.65. The molecule has 0 saturated carbocycles. The summed E-state index contributed by atoms with van der Waals surface area (Å²) in [5.74, 6) is 0.884. The minimum absolute atomic E-state index is 0.629. The zero-order chi connectivity index (χ0) is 12.3. The largest absolute Gasteiger partial charge is 0.492 e. The van der Waals surface area contributed by atoms with Gasteiger partial charge in [-0.25, -0.2) is 0 Å². The molecule has 0 spiro atoms. The number of rotatable bonds is 4. The van der Waals surface area contributed by atoms with E-state index in [2.05, 4.69) is 34.0 Å². The van der Waals surface area contributed by atoms with Crippen LogP contribution in [0.15, 0.2) is 34.8 Å². The topological polar surface area (TPSA) is 27.1 Å². The fourth-order valence-electron chi connectivity index (χ4n) is 1.68. The molecule has 0 aliphatic heterocycles. The summed E-state index contributed by atoms with van der Waals surface area (Å²) in [6, 6.07) is 9.91. The second-order valence-corrected chi connectivity index (χ2v) is 4.87. The van der Waals surface area contributed by atoms with Gasteiger partial charge in [0.15, 0.2) is 0 Å². The van der Waals surface area contributed by atoms with E-state index >= 15 is 0 Å². The van der Waals surface area contributed by atoms with Gasteiger partial charge < -0.3 is 4.74 Å². The van der Waals surface area contributed by atoms with Crippen molar-refractivity contribution in [1.82, 2.24) is 9.78 Å². The first-order valence-corrected chi connectivity index (χ1v) is 6.34. The molecular formula is C13H15BrN2O. The molecule has 0 N–H and O–H groups in total. The van der Waals surface area contributed by atoms with Gasteiger partial charge in [-0.3, -0.25) is 4.68 Å². The van der Waals surface area contributed by atoms with Crippen molar-refractivity contribution < 1.29 is 4.74 Å². The normalized spacial score (nSPS) is 10.5. The second kappa shape index (κ2) is 5.36. The zero-order valence-corrected chi connectivity index (χ0v) is 11.6. The van der Waals surface area contributed by atoms with E-state index < -0.39 is 0 Å². The molecular weight excluding hydrogens is 280 g/mol. The van der Waals surface area contributed by atoms with Crippen LogP contribution in [0.25, 0.3) is 0 Å². The summed E-state index contributed by atoms with van der Waals surface area (Å²) in [5.41, 5.74) is 2.22. The van der Waals surface area contributed by atoms with E-state index in [4.69, 9.17) is 4.74 Å². The Kier molecular flexibility index (Phi) is 3.84. The molecule has 2 aromatic rings. The smallest absolute Gasteiger partial charge is 0.119 e. The van der Waals surface area contributed by atoms with E-state index in [-0.39, 0.29) is 0 Å². The van der Waals surface area contributed by atoms with Gasteiger partial charge in [-0.1, -0.05) is 15.9 Å². The van der Waals surface area contributed by atoms with Crippen molar-refractivity contribution in [3.05, 3.63) is 46.2 Å². The minimum atomic E-state index is 0.629. The second-order valence-electron chi connectivity index (χ2n) is 3.95. The number of aryl methyl sites for hydroxylation is 2. The summed E-state index contributed by atoms with van der Waals surface area (Å²) in [6.45, 7) is 5.46. The number of halogens is 1. The number of nitrogens with zero attached hydrogens (tertiary/aromatic N) is 2. The van der Waals surface area contributed by atoms with Gasteiger partial charge in [0.2, 0.25) is 0 Å². The Morgan fingerprint density at radius 3 is 2.53 bits per heavy atom. The summed E-state index contributed by atoms with van der Waals surface area (Å²) < 4.78 is 8.67. The fraction of sp³-hybridized carbons (Fsp3) is 0.308. The van der Waals surface area contributed by atoms with Crippen LogP contribution in [-0.2, 0) is 6.54 Å². The van der Waals surface area contributed by atoms with Gasteiger partial charge in [-0.15, -0.1) is 0 Å². The molecule has 0 aliphatic rings. The van der Waals surface area contributed by atoms with Crippen LogP contribution in [0.2, 0.25) is 0 Å². The average Bonchev–Trinajstić information content (AvgIpc) is 2.60. The summed E-state index contributed by atoms with van der Waals surface area (Å²) in [7, 11) is 0. The highest BCUT2D eigenvalue weighted by molar-refractivity contribution is 9.10. The first-order chi connectivity index (χ1) is 8.15. The van der Waals surface area contributed by atoms with Gasteiger partial charge in [-0.05, 0) is 44.2 Å². The highest BCUT2D eigenvalue weighted by Gasteiger charge is 2.00. The van der Waals surface area contributed by atoms with Crippen molar-refractivity contribution >= 4 is 15.9 Å². The van der Waals surface area contributed by atoms with Gasteiger partial charge >= 0.3 is 0 Å². The molecule has 2 rings (SSSR count). The molecule has 1 aromatic carbocycles. The zero-order valence-electron chi connectivity index (χ0n) is 9.98. The van der Waals surface area contributed by atoms with Crippen molar-refractivity contribution in [1.29, 1.82) is 0 Å². The van der Waals surface area contributed by atoms with E-state index in [1.165, 1.54) is 5.69 Å². The first kappa shape index (κ1) is 12.2. The van der Waals surface area contributed by atoms with Gasteiger partial charge in [0.25, 0.3) is 0 Å². The lowest BCUT2D eigenvalue weighted by atomic mass is 10.3. The Balaban J connectivity index is 1.87. The van der Waals surface area contributed by atoms with Crippen LogP contribution in [0.4, 0.5) is 0 Å². The van der Waals surface area contributed by atoms with Gasteiger partial charge in [-0.2, -0.15) is 5.10 Å². The van der Waals surface area contributed by atoms with Crippen molar-refractivity contribution in [2.45, 2.75) is 20.4 Å². The van der Waals surface area contributed by atoms with E-state index in [0.717, 1.165) is 22.5 Å². The minimum Gasteiger partial charge on any atom is -0.492 e. The van der Waals surface area contributed by atoms with Crippen LogP contribution >= 0.6 is 15.9 Å². The third-order valence-corrected chi connectivity index (χ3v) is 3.02. The predicted molar refractivity (Wildman–Crippen MR) is 71.3 cm³/mol. The number of ether oxygens (including phenoxy) is 1. The number of hydrogen-bond acceptors (Lipinski definition) is 2. The molecule has 0 radical (unpaired) electrons. The molecule has 17 heavy (non-hydrogen) atoms. The fourth-order valence-corrected chi connectivity index (χ4v) is 1.95. The number of benzene rings is 1. The van der Waals surface area contributed by atoms with Crippen LogP contribution in [0.5, 0.6) is 5.75 Å². The number of hydrogen-bond donors (Lipinski definition) is 0. The molecule has 0 amide bonds. The monoisotopic (exact) mass is 294 g/mol. The standard InChI is InChI=1S/C13H15BrN2O/c1-10-9-11(2)16(15-10)7-8-17-13-5-3-12(14)4-6-13/h3-6,9H,7-8H2,1-2H3. The summed E-state index contributed by atoms with van der Waals surface area (Å²) in [5, 5.41) is 4.38. The van der Waals surface area contributed by atoms with Crippen LogP contribution in [0.3, 0.4) is 0 Å². The molecule has 4 heteroatoms. The molecule has 1 aromatic heterocycles. The highest BCUT2D eigenvalue weighted by atomic mass is 79.9. The molecule has 0 bridgehead atoms. The van der Waals surface area contributed by atoms with Crippen molar-refractivity contribution in [2.75, 3.05) is 6.61 Å². The van der Waals surface area contributed by atoms with Crippen molar-refractivity contribution in [3.63, 3.8) is 0 Å². The molecule has 0 fully saturated rings. The molecule has 3 nitrogen and oxygen atoms in total. The Morgan fingerprint density at radius 2 is 1.94 bits per heavy atom. The van der Waals surface area contributed by atoms with Gasteiger partial charge in [0, 0.05) is 10.2 Å². The molecule has 0 saturated heterocycles. The lowest BCUT2D eigenvalue weighted by Crippen LogP contribution is -2.10. The van der Waals surface area contributed by atoms with Gasteiger partial charge in [0.1, 0.15) is 12.4 Å². The Morgan fingerprint density at radius 1 is 1.24 bits per heavy atom. The maximum Gasteiger partial charge on any atom is 0.119 e. The average molecular weight is 295 g/mol. The van der Waals surface area contributed by atoms with Crippen LogP contribution < -0.4 is 4.74 Å². The third-order valence-electron chi connectivity index (χ3n) is 2.49. The van der Waals surface area contributed by atoms with Crippen molar-refractivity contribution in [3.8, 4) is 5.75 Å². The first-order valence-electron chi connectivity index (χ1n) is 5.54. The molecule has 1 heterocycles. The molecule has 0 unspecified atom stereocenters. The lowest BCUT2D eigenvalue weighted by molar-refractivity contribution is 0.289. The summed E-state index contributed by atoms with van der Waals surface area (Å²) in [4.78, 5) is 0. The summed E-state index contributed by atoms with van der Waals surface area (Å²) >= 11 is 3.39. The Bertz CT molecular complexity index is 491. The maximum absolute atomic E-state index is 5.65. The predicted octanol–water partition coefficient (Wildman–Crippen LogP) is 3.34. The molecule has 90 valence electrons. The molecule has 0 atom stereocenters. The molecule has 0 aliphatic carbocycles. The van der Waals surface area contributed by atoms with E-state index in [0.29, 0.717) is 6.61 Å². The Hall–Kier alpha value is -1.29.